The number of aromatic nitrogens is 2. The lowest BCUT2D eigenvalue weighted by molar-refractivity contribution is -0.133. The molecule has 1 heterocycles. The lowest BCUT2D eigenvalue weighted by Gasteiger charge is -2.19. The quantitative estimate of drug-likeness (QED) is 0.755. The zero-order chi connectivity index (χ0) is 15.6. The molecule has 0 fully saturated rings. The summed E-state index contributed by atoms with van der Waals surface area (Å²) in [6.07, 6.45) is 1.03. The van der Waals surface area contributed by atoms with E-state index in [1.807, 2.05) is 18.2 Å². The first-order valence-corrected chi connectivity index (χ1v) is 8.68. The molecular weight excluding hydrogens is 352 g/mol. The minimum absolute atomic E-state index is 0.0267. The predicted octanol–water partition coefficient (Wildman–Crippen LogP) is 4.58. The number of carbonyl (C=O) groups is 1. The van der Waals surface area contributed by atoms with Gasteiger partial charge in [0, 0.05) is 10.5 Å². The van der Waals surface area contributed by atoms with Gasteiger partial charge in [-0.3, -0.25) is 4.79 Å². The highest BCUT2D eigenvalue weighted by atomic mass is 79.9. The second-order valence-electron chi connectivity index (χ2n) is 5.56. The number of benzene rings is 1. The molecule has 1 N–H and O–H groups in total. The van der Waals surface area contributed by atoms with Crippen LogP contribution in [-0.4, -0.2) is 26.4 Å². The van der Waals surface area contributed by atoms with E-state index in [2.05, 4.69) is 46.3 Å². The summed E-state index contributed by atoms with van der Waals surface area (Å²) >= 11 is 4.73. The van der Waals surface area contributed by atoms with Crippen LogP contribution in [0.2, 0.25) is 0 Å². The average Bonchev–Trinajstić information content (AvgIpc) is 2.72. The molecule has 0 saturated carbocycles. The molecule has 1 aromatic heterocycles. The van der Waals surface area contributed by atoms with Crippen LogP contribution < -0.4 is 0 Å². The number of hydrogen-bond acceptors (Lipinski definition) is 3. The molecule has 0 spiro atoms. The Kier molecular flexibility index (Phi) is 5.32. The van der Waals surface area contributed by atoms with Gasteiger partial charge in [-0.2, -0.15) is 0 Å². The van der Waals surface area contributed by atoms with Crippen molar-refractivity contribution in [2.75, 3.05) is 5.75 Å². The molecule has 0 amide bonds. The van der Waals surface area contributed by atoms with E-state index in [-0.39, 0.29) is 11.8 Å². The molecule has 0 bridgehead atoms. The van der Waals surface area contributed by atoms with E-state index in [4.69, 9.17) is 5.11 Å². The van der Waals surface area contributed by atoms with E-state index >= 15 is 0 Å². The number of thioether (sulfide) groups is 1. The summed E-state index contributed by atoms with van der Waals surface area (Å²) in [7, 11) is 0. The Morgan fingerprint density at radius 2 is 2.14 bits per heavy atom. The summed E-state index contributed by atoms with van der Waals surface area (Å²) in [4.78, 5) is 15.4. The van der Waals surface area contributed by atoms with Gasteiger partial charge in [0.05, 0.1) is 16.8 Å². The minimum Gasteiger partial charge on any atom is -0.481 e. The molecule has 114 valence electrons. The Labute approximate surface area is 137 Å². The summed E-state index contributed by atoms with van der Waals surface area (Å²) in [5, 5.41) is 9.68. The van der Waals surface area contributed by atoms with Crippen molar-refractivity contribution in [3.05, 3.63) is 22.7 Å². The zero-order valence-corrected chi connectivity index (χ0v) is 14.7. The number of rotatable bonds is 6. The molecule has 6 heteroatoms. The second kappa shape index (κ2) is 6.83. The monoisotopic (exact) mass is 370 g/mol. The SMILES string of the molecule is CC(C)CC(C)n1c(SCC(=O)O)nc2cc(Br)ccc21. The fourth-order valence-electron chi connectivity index (χ4n) is 2.49. The summed E-state index contributed by atoms with van der Waals surface area (Å²) < 4.78 is 3.14. The smallest absolute Gasteiger partial charge is 0.313 e. The van der Waals surface area contributed by atoms with Crippen molar-refractivity contribution >= 4 is 44.7 Å². The Bertz CT molecular complexity index is 654. The first-order chi connectivity index (χ1) is 9.88. The van der Waals surface area contributed by atoms with Crippen molar-refractivity contribution in [3.63, 3.8) is 0 Å². The summed E-state index contributed by atoms with van der Waals surface area (Å²) in [5.41, 5.74) is 1.95. The van der Waals surface area contributed by atoms with Crippen molar-refractivity contribution in [1.29, 1.82) is 0 Å². The number of fused-ring (bicyclic) bond motifs is 1. The lowest BCUT2D eigenvalue weighted by Crippen LogP contribution is -2.10. The summed E-state index contributed by atoms with van der Waals surface area (Å²) in [6.45, 7) is 6.54. The molecule has 1 aromatic carbocycles. The van der Waals surface area contributed by atoms with Gasteiger partial charge in [0.25, 0.3) is 0 Å². The Balaban J connectivity index is 2.46. The number of carboxylic acid groups (broad SMARTS) is 1. The molecular formula is C15H19BrN2O2S. The van der Waals surface area contributed by atoms with E-state index in [1.54, 1.807) is 0 Å². The molecule has 2 aromatic rings. The van der Waals surface area contributed by atoms with E-state index in [0.717, 1.165) is 27.1 Å². The van der Waals surface area contributed by atoms with Crippen LogP contribution in [0.25, 0.3) is 11.0 Å². The maximum atomic E-state index is 10.8. The van der Waals surface area contributed by atoms with Crippen molar-refractivity contribution in [1.82, 2.24) is 9.55 Å². The Hall–Kier alpha value is -1.01. The molecule has 21 heavy (non-hydrogen) atoms. The molecule has 0 saturated heterocycles. The second-order valence-corrected chi connectivity index (χ2v) is 7.42. The molecule has 4 nitrogen and oxygen atoms in total. The van der Waals surface area contributed by atoms with Crippen LogP contribution in [0.15, 0.2) is 27.8 Å². The minimum atomic E-state index is -0.823. The number of aliphatic carboxylic acids is 1. The van der Waals surface area contributed by atoms with Crippen LogP contribution in [-0.2, 0) is 4.79 Å². The van der Waals surface area contributed by atoms with Gasteiger partial charge in [-0.1, -0.05) is 41.5 Å². The number of carboxylic acids is 1. The maximum Gasteiger partial charge on any atom is 0.313 e. The number of halogens is 1. The van der Waals surface area contributed by atoms with Crippen molar-refractivity contribution in [2.45, 2.75) is 38.4 Å². The highest BCUT2D eigenvalue weighted by Crippen LogP contribution is 2.31. The molecule has 1 unspecified atom stereocenters. The van der Waals surface area contributed by atoms with Gasteiger partial charge in [0.2, 0.25) is 0 Å². The fraction of sp³-hybridized carbons (Fsp3) is 0.467. The highest BCUT2D eigenvalue weighted by molar-refractivity contribution is 9.10. The van der Waals surface area contributed by atoms with Gasteiger partial charge < -0.3 is 9.67 Å². The van der Waals surface area contributed by atoms with Gasteiger partial charge in [0.1, 0.15) is 0 Å². The molecule has 0 aliphatic heterocycles. The number of imidazole rings is 1. The van der Waals surface area contributed by atoms with Crippen molar-refractivity contribution in [2.24, 2.45) is 5.92 Å². The molecule has 1 atom stereocenters. The van der Waals surface area contributed by atoms with Gasteiger partial charge in [-0.15, -0.1) is 0 Å². The summed E-state index contributed by atoms with van der Waals surface area (Å²) in [5.74, 6) is -0.222. The molecule has 0 radical (unpaired) electrons. The third kappa shape index (κ3) is 4.01. The van der Waals surface area contributed by atoms with E-state index in [1.165, 1.54) is 11.8 Å². The van der Waals surface area contributed by atoms with Crippen LogP contribution >= 0.6 is 27.7 Å². The van der Waals surface area contributed by atoms with Crippen LogP contribution in [0, 0.1) is 5.92 Å². The Morgan fingerprint density at radius 3 is 2.76 bits per heavy atom. The van der Waals surface area contributed by atoms with Crippen LogP contribution in [0.1, 0.15) is 33.2 Å². The largest absolute Gasteiger partial charge is 0.481 e. The van der Waals surface area contributed by atoms with Crippen LogP contribution in [0.3, 0.4) is 0 Å². The Morgan fingerprint density at radius 1 is 1.43 bits per heavy atom. The summed E-state index contributed by atoms with van der Waals surface area (Å²) in [6, 6.07) is 6.29. The molecule has 2 rings (SSSR count). The predicted molar refractivity (Wildman–Crippen MR) is 90.0 cm³/mol. The van der Waals surface area contributed by atoms with E-state index < -0.39 is 5.97 Å². The van der Waals surface area contributed by atoms with Crippen molar-refractivity contribution < 1.29 is 9.90 Å². The van der Waals surface area contributed by atoms with E-state index in [9.17, 15) is 4.79 Å². The third-order valence-corrected chi connectivity index (χ3v) is 4.63. The highest BCUT2D eigenvalue weighted by Gasteiger charge is 2.18. The van der Waals surface area contributed by atoms with Gasteiger partial charge in [-0.25, -0.2) is 4.98 Å². The first kappa shape index (κ1) is 16.4. The normalized spacial score (nSPS) is 13.0. The molecule has 0 aliphatic carbocycles. The van der Waals surface area contributed by atoms with Crippen LogP contribution in [0.5, 0.6) is 0 Å². The standard InChI is InChI=1S/C15H19BrN2O2S/c1-9(2)6-10(3)18-13-5-4-11(16)7-12(13)17-15(18)21-8-14(19)20/h4-5,7,9-10H,6,8H2,1-3H3,(H,19,20). The van der Waals surface area contributed by atoms with Crippen LogP contribution in [0.4, 0.5) is 0 Å². The van der Waals surface area contributed by atoms with Crippen molar-refractivity contribution in [3.8, 4) is 0 Å². The topological polar surface area (TPSA) is 55.1 Å². The van der Waals surface area contributed by atoms with Gasteiger partial charge in [0.15, 0.2) is 5.16 Å². The number of nitrogens with zero attached hydrogens (tertiary/aromatic N) is 2. The maximum absolute atomic E-state index is 10.8. The first-order valence-electron chi connectivity index (χ1n) is 6.90. The van der Waals surface area contributed by atoms with Gasteiger partial charge >= 0.3 is 5.97 Å². The lowest BCUT2D eigenvalue weighted by atomic mass is 10.1. The van der Waals surface area contributed by atoms with E-state index in [0.29, 0.717) is 5.92 Å². The fourth-order valence-corrected chi connectivity index (χ4v) is 3.67. The average molecular weight is 371 g/mol. The van der Waals surface area contributed by atoms with Gasteiger partial charge in [-0.05, 0) is 37.5 Å². The zero-order valence-electron chi connectivity index (χ0n) is 12.3. The third-order valence-electron chi connectivity index (χ3n) is 3.20. The molecule has 0 aliphatic rings. The number of hydrogen-bond donors (Lipinski definition) is 1.